The molecule has 0 aliphatic rings. The van der Waals surface area contributed by atoms with E-state index in [9.17, 15) is 4.79 Å². The minimum absolute atomic E-state index is 0.0621. The lowest BCUT2D eigenvalue weighted by Crippen LogP contribution is -2.19. The average Bonchev–Trinajstić information content (AvgIpc) is 3.12. The van der Waals surface area contributed by atoms with Crippen molar-refractivity contribution in [1.82, 2.24) is 9.97 Å². The van der Waals surface area contributed by atoms with Gasteiger partial charge in [0.1, 0.15) is 5.01 Å². The quantitative estimate of drug-likeness (QED) is 0.604. The molecular weight excluding hydrogens is 336 g/mol. The van der Waals surface area contributed by atoms with Gasteiger partial charge in [-0.2, -0.15) is 0 Å². The molecule has 2 aromatic heterocycles. The van der Waals surface area contributed by atoms with Gasteiger partial charge in [-0.3, -0.25) is 4.79 Å². The van der Waals surface area contributed by atoms with Crippen molar-refractivity contribution in [3.8, 4) is 0 Å². The summed E-state index contributed by atoms with van der Waals surface area (Å²) < 4.78 is 2.66. The molecule has 0 aliphatic carbocycles. The molecular formula is C19H14N2OS2. The van der Waals surface area contributed by atoms with Gasteiger partial charge in [-0.05, 0) is 30.7 Å². The van der Waals surface area contributed by atoms with Crippen molar-refractivity contribution in [3.05, 3.63) is 84.2 Å². The van der Waals surface area contributed by atoms with Gasteiger partial charge in [-0.25, -0.2) is 4.98 Å². The number of hydrogen-bond donors (Lipinski definition) is 1. The summed E-state index contributed by atoms with van der Waals surface area (Å²) in [6.45, 7) is 2.05. The van der Waals surface area contributed by atoms with Crippen LogP contribution in [0.5, 0.6) is 0 Å². The third-order valence-electron chi connectivity index (χ3n) is 3.62. The number of H-pyrrole nitrogens is 1. The monoisotopic (exact) mass is 350 g/mol. The molecule has 0 unspecified atom stereocenters. The lowest BCUT2D eigenvalue weighted by Gasteiger charge is -1.92. The molecule has 0 aliphatic heterocycles. The highest BCUT2D eigenvalue weighted by Crippen LogP contribution is 2.21. The maximum absolute atomic E-state index is 12.2. The maximum Gasteiger partial charge on any atom is 0.266 e. The summed E-state index contributed by atoms with van der Waals surface area (Å²) in [4.78, 5) is 19.7. The molecule has 3 nitrogen and oxygen atoms in total. The number of aromatic amines is 1. The molecule has 2 heterocycles. The van der Waals surface area contributed by atoms with Crippen molar-refractivity contribution in [2.75, 3.05) is 0 Å². The first-order valence-corrected chi connectivity index (χ1v) is 9.15. The van der Waals surface area contributed by atoms with E-state index in [1.807, 2.05) is 61.5 Å². The summed E-state index contributed by atoms with van der Waals surface area (Å²) in [6.07, 6.45) is 3.85. The lowest BCUT2D eigenvalue weighted by molar-refractivity contribution is 1.25. The second-order valence-electron chi connectivity index (χ2n) is 5.50. The van der Waals surface area contributed by atoms with Crippen LogP contribution in [0.15, 0.2) is 53.3 Å². The summed E-state index contributed by atoms with van der Waals surface area (Å²) in [5.74, 6) is 0. The van der Waals surface area contributed by atoms with E-state index < -0.39 is 0 Å². The van der Waals surface area contributed by atoms with Gasteiger partial charge in [0.2, 0.25) is 0 Å². The van der Waals surface area contributed by atoms with E-state index >= 15 is 0 Å². The molecule has 0 spiro atoms. The molecule has 1 N–H and O–H groups in total. The Labute approximate surface area is 146 Å². The Hall–Kier alpha value is -2.50. The number of nitrogens with one attached hydrogen (secondary N) is 1. The molecule has 2 aromatic carbocycles. The Morgan fingerprint density at radius 1 is 1.00 bits per heavy atom. The highest BCUT2D eigenvalue weighted by Gasteiger charge is 2.01. The fraction of sp³-hybridized carbons (Fsp3) is 0.0526. The van der Waals surface area contributed by atoms with Gasteiger partial charge in [0.15, 0.2) is 0 Å². The van der Waals surface area contributed by atoms with Crippen molar-refractivity contribution in [2.45, 2.75) is 6.92 Å². The van der Waals surface area contributed by atoms with Gasteiger partial charge in [0.05, 0.1) is 19.4 Å². The highest BCUT2D eigenvalue weighted by molar-refractivity contribution is 7.19. The van der Waals surface area contributed by atoms with Crippen molar-refractivity contribution < 1.29 is 0 Å². The summed E-state index contributed by atoms with van der Waals surface area (Å²) in [5, 5.41) is 0.899. The Bertz CT molecular complexity index is 1150. The van der Waals surface area contributed by atoms with Gasteiger partial charge in [-0.1, -0.05) is 42.0 Å². The van der Waals surface area contributed by atoms with Crippen LogP contribution in [0.2, 0.25) is 0 Å². The molecule has 0 saturated carbocycles. The number of nitrogens with zero attached hydrogens (tertiary/aromatic N) is 1. The van der Waals surface area contributed by atoms with Crippen molar-refractivity contribution in [2.24, 2.45) is 0 Å². The van der Waals surface area contributed by atoms with Crippen LogP contribution in [-0.4, -0.2) is 9.97 Å². The number of para-hydroxylation sites is 1. The molecule has 0 atom stereocenters. The number of benzene rings is 2. The molecule has 4 aromatic rings. The number of aromatic nitrogens is 2. The van der Waals surface area contributed by atoms with Crippen LogP contribution in [0, 0.1) is 6.92 Å². The van der Waals surface area contributed by atoms with Crippen molar-refractivity contribution in [1.29, 1.82) is 0 Å². The van der Waals surface area contributed by atoms with E-state index in [-0.39, 0.29) is 5.56 Å². The number of aryl methyl sites for hydroxylation is 1. The standard InChI is InChI=1S/C19H14N2OS2/c1-12-6-8-13(9-7-12)10-16-19(22)21-18(24-16)11-17-20-14-4-2-3-5-15(14)23-17/h2-11H,1H3,(H,21,22)/b16-10-,18-11+. The van der Waals surface area contributed by atoms with E-state index in [0.29, 0.717) is 4.53 Å². The molecule has 0 fully saturated rings. The fourth-order valence-corrected chi connectivity index (χ4v) is 4.28. The van der Waals surface area contributed by atoms with Crippen molar-refractivity contribution >= 4 is 45.0 Å². The first-order valence-electron chi connectivity index (χ1n) is 7.52. The second-order valence-corrected chi connectivity index (χ2v) is 7.65. The third-order valence-corrected chi connectivity index (χ3v) is 5.57. The minimum atomic E-state index is -0.0621. The van der Waals surface area contributed by atoms with Gasteiger partial charge in [0, 0.05) is 6.08 Å². The first kappa shape index (κ1) is 15.1. The molecule has 0 radical (unpaired) electrons. The SMILES string of the molecule is Cc1ccc(/C=c2\s/c(=C/c3nc4ccccc4s3)[nH]c2=O)cc1. The summed E-state index contributed by atoms with van der Waals surface area (Å²) in [7, 11) is 0. The van der Waals surface area contributed by atoms with Crippen LogP contribution in [0.1, 0.15) is 16.1 Å². The van der Waals surface area contributed by atoms with Crippen LogP contribution >= 0.6 is 22.7 Å². The number of fused-ring (bicyclic) bond motifs is 1. The van der Waals surface area contributed by atoms with Gasteiger partial charge >= 0.3 is 0 Å². The highest BCUT2D eigenvalue weighted by atomic mass is 32.1. The van der Waals surface area contributed by atoms with Gasteiger partial charge in [0.25, 0.3) is 5.56 Å². The first-order chi connectivity index (χ1) is 11.7. The largest absolute Gasteiger partial charge is 0.313 e. The Kier molecular flexibility index (Phi) is 3.88. The topological polar surface area (TPSA) is 45.8 Å². The van der Waals surface area contributed by atoms with Gasteiger partial charge in [-0.15, -0.1) is 22.7 Å². The van der Waals surface area contributed by atoms with E-state index in [4.69, 9.17) is 0 Å². The number of hydrogen-bond acceptors (Lipinski definition) is 4. The predicted molar refractivity (Wildman–Crippen MR) is 102 cm³/mol. The second kappa shape index (κ2) is 6.19. The van der Waals surface area contributed by atoms with E-state index in [0.717, 1.165) is 25.5 Å². The van der Waals surface area contributed by atoms with Crippen LogP contribution in [-0.2, 0) is 0 Å². The summed E-state index contributed by atoms with van der Waals surface area (Å²) >= 11 is 3.07. The normalized spacial score (nSPS) is 13.0. The van der Waals surface area contributed by atoms with Crippen LogP contribution in [0.25, 0.3) is 22.4 Å². The number of thiazole rings is 2. The van der Waals surface area contributed by atoms with Crippen molar-refractivity contribution in [3.63, 3.8) is 0 Å². The lowest BCUT2D eigenvalue weighted by atomic mass is 10.1. The smallest absolute Gasteiger partial charge is 0.266 e. The average molecular weight is 350 g/mol. The fourth-order valence-electron chi connectivity index (χ4n) is 2.40. The molecule has 0 saturated heterocycles. The Morgan fingerprint density at radius 3 is 2.58 bits per heavy atom. The van der Waals surface area contributed by atoms with Crippen LogP contribution in [0.4, 0.5) is 0 Å². The van der Waals surface area contributed by atoms with E-state index in [2.05, 4.69) is 16.0 Å². The summed E-state index contributed by atoms with van der Waals surface area (Å²) in [5.41, 5.74) is 3.16. The molecule has 4 rings (SSSR count). The zero-order chi connectivity index (χ0) is 16.5. The molecule has 0 amide bonds. The Morgan fingerprint density at radius 2 is 1.79 bits per heavy atom. The van der Waals surface area contributed by atoms with E-state index in [1.165, 1.54) is 16.9 Å². The molecule has 118 valence electrons. The maximum atomic E-state index is 12.2. The van der Waals surface area contributed by atoms with Crippen LogP contribution in [0.3, 0.4) is 0 Å². The summed E-state index contributed by atoms with van der Waals surface area (Å²) in [6, 6.07) is 16.2. The molecule has 0 bridgehead atoms. The third kappa shape index (κ3) is 3.09. The van der Waals surface area contributed by atoms with E-state index in [1.54, 1.807) is 11.3 Å². The zero-order valence-corrected chi connectivity index (χ0v) is 14.6. The zero-order valence-electron chi connectivity index (χ0n) is 12.9. The molecule has 24 heavy (non-hydrogen) atoms. The number of rotatable bonds is 2. The van der Waals surface area contributed by atoms with Gasteiger partial charge < -0.3 is 4.98 Å². The Balaban J connectivity index is 1.77. The molecule has 5 heteroatoms. The predicted octanol–water partition coefficient (Wildman–Crippen LogP) is 3.01. The van der Waals surface area contributed by atoms with Crippen LogP contribution < -0.4 is 14.8 Å². The minimum Gasteiger partial charge on any atom is -0.313 e.